The fraction of sp³-hybridized carbons (Fsp3) is 0.455. The van der Waals surface area contributed by atoms with Crippen molar-refractivity contribution in [3.8, 4) is 0 Å². The summed E-state index contributed by atoms with van der Waals surface area (Å²) in [4.78, 5) is 0.438. The molecule has 1 saturated heterocycles. The highest BCUT2D eigenvalue weighted by Gasteiger charge is 2.38. The molecule has 2 aromatic carbocycles. The van der Waals surface area contributed by atoms with Gasteiger partial charge in [-0.2, -0.15) is 4.31 Å². The minimum atomic E-state index is -3.57. The Hall–Kier alpha value is -1.69. The van der Waals surface area contributed by atoms with E-state index in [1.54, 1.807) is 4.31 Å². The highest BCUT2D eigenvalue weighted by Crippen LogP contribution is 2.33. The van der Waals surface area contributed by atoms with Crippen LogP contribution in [0.15, 0.2) is 41.3 Å². The topological polar surface area (TPSA) is 57.6 Å². The first-order valence-electron chi connectivity index (χ1n) is 9.48. The number of sulfonamides is 1. The van der Waals surface area contributed by atoms with Gasteiger partial charge in [0.05, 0.1) is 10.5 Å². The van der Waals surface area contributed by atoms with Crippen LogP contribution in [-0.4, -0.2) is 36.5 Å². The molecule has 0 aliphatic carbocycles. The van der Waals surface area contributed by atoms with Crippen molar-refractivity contribution in [1.29, 1.82) is 0 Å². The molecule has 5 heteroatoms. The van der Waals surface area contributed by atoms with E-state index in [1.807, 2.05) is 64.1 Å². The van der Waals surface area contributed by atoms with Crippen molar-refractivity contribution in [1.82, 2.24) is 4.31 Å². The lowest BCUT2D eigenvalue weighted by atomic mass is 9.86. The van der Waals surface area contributed by atoms with Crippen LogP contribution in [0.25, 0.3) is 0 Å². The summed E-state index contributed by atoms with van der Waals surface area (Å²) in [6, 6.07) is 11.9. The SMILES string of the molecule is Cc1cc(C)c(C)c(S(=O)(=O)N2CCC(O)(Cc3ccccc3)CC2)c1C. The minimum Gasteiger partial charge on any atom is -0.389 e. The summed E-state index contributed by atoms with van der Waals surface area (Å²) in [6.07, 6.45) is 1.46. The maximum atomic E-state index is 13.3. The minimum absolute atomic E-state index is 0.345. The number of aryl methyl sites for hydroxylation is 2. The van der Waals surface area contributed by atoms with Gasteiger partial charge in [0.15, 0.2) is 0 Å². The van der Waals surface area contributed by atoms with Gasteiger partial charge in [0.25, 0.3) is 0 Å². The molecule has 146 valence electrons. The second kappa shape index (κ2) is 7.38. The van der Waals surface area contributed by atoms with Gasteiger partial charge in [-0.05, 0) is 68.4 Å². The van der Waals surface area contributed by atoms with Crippen LogP contribution in [0, 0.1) is 27.7 Å². The predicted molar refractivity (Wildman–Crippen MR) is 108 cm³/mol. The van der Waals surface area contributed by atoms with Crippen LogP contribution in [-0.2, 0) is 16.4 Å². The molecule has 0 bridgehead atoms. The van der Waals surface area contributed by atoms with Gasteiger partial charge in [-0.1, -0.05) is 36.4 Å². The van der Waals surface area contributed by atoms with Gasteiger partial charge in [-0.25, -0.2) is 8.42 Å². The van der Waals surface area contributed by atoms with E-state index in [2.05, 4.69) is 0 Å². The highest BCUT2D eigenvalue weighted by molar-refractivity contribution is 7.89. The Balaban J connectivity index is 1.82. The van der Waals surface area contributed by atoms with E-state index < -0.39 is 15.6 Å². The molecular weight excluding hydrogens is 358 g/mol. The Kier molecular flexibility index (Phi) is 5.48. The molecule has 1 heterocycles. The summed E-state index contributed by atoms with van der Waals surface area (Å²) in [5.41, 5.74) is 3.87. The second-order valence-electron chi connectivity index (χ2n) is 7.88. The number of piperidine rings is 1. The first-order chi connectivity index (χ1) is 12.6. The molecule has 1 aliphatic heterocycles. The molecule has 3 rings (SSSR count). The third kappa shape index (κ3) is 3.96. The molecule has 0 aromatic heterocycles. The van der Waals surface area contributed by atoms with Crippen LogP contribution < -0.4 is 0 Å². The standard InChI is InChI=1S/C22H29NO3S/c1-16-14-17(2)19(4)21(18(16)3)27(25,26)23-12-10-22(24,11-13-23)15-20-8-6-5-7-9-20/h5-9,14,24H,10-13,15H2,1-4H3. The van der Waals surface area contributed by atoms with Gasteiger partial charge in [-0.15, -0.1) is 0 Å². The Labute approximate surface area is 162 Å². The monoisotopic (exact) mass is 387 g/mol. The van der Waals surface area contributed by atoms with Crippen molar-refractivity contribution in [3.05, 3.63) is 64.2 Å². The Bertz CT molecular complexity index is 902. The molecule has 2 aromatic rings. The van der Waals surface area contributed by atoms with Gasteiger partial charge >= 0.3 is 0 Å². The normalized spacial score (nSPS) is 17.8. The summed E-state index contributed by atoms with van der Waals surface area (Å²) in [5.74, 6) is 0. The molecule has 0 unspecified atom stereocenters. The Morgan fingerprint density at radius 2 is 1.48 bits per heavy atom. The predicted octanol–water partition coefficient (Wildman–Crippen LogP) is 3.68. The molecule has 0 radical (unpaired) electrons. The molecule has 1 fully saturated rings. The van der Waals surface area contributed by atoms with E-state index in [-0.39, 0.29) is 0 Å². The molecule has 0 saturated carbocycles. The van der Waals surface area contributed by atoms with E-state index >= 15 is 0 Å². The Morgan fingerprint density at radius 1 is 0.963 bits per heavy atom. The average molecular weight is 388 g/mol. The van der Waals surface area contributed by atoms with Crippen molar-refractivity contribution in [2.75, 3.05) is 13.1 Å². The summed E-state index contributed by atoms with van der Waals surface area (Å²) >= 11 is 0. The van der Waals surface area contributed by atoms with Crippen LogP contribution in [0.3, 0.4) is 0 Å². The first-order valence-corrected chi connectivity index (χ1v) is 10.9. The fourth-order valence-electron chi connectivity index (χ4n) is 3.99. The highest BCUT2D eigenvalue weighted by atomic mass is 32.2. The molecule has 27 heavy (non-hydrogen) atoms. The summed E-state index contributed by atoms with van der Waals surface area (Å²) < 4.78 is 28.2. The number of aliphatic hydroxyl groups is 1. The van der Waals surface area contributed by atoms with Crippen molar-refractivity contribution < 1.29 is 13.5 Å². The van der Waals surface area contributed by atoms with E-state index in [0.29, 0.717) is 37.2 Å². The molecule has 1 aliphatic rings. The van der Waals surface area contributed by atoms with Crippen LogP contribution in [0.1, 0.15) is 40.7 Å². The first kappa shape index (κ1) is 20.1. The van der Waals surface area contributed by atoms with E-state index in [0.717, 1.165) is 27.8 Å². The van der Waals surface area contributed by atoms with Crippen LogP contribution in [0.4, 0.5) is 0 Å². The largest absolute Gasteiger partial charge is 0.389 e. The molecule has 1 N–H and O–H groups in total. The molecule has 0 spiro atoms. The second-order valence-corrected chi connectivity index (χ2v) is 9.76. The quantitative estimate of drug-likeness (QED) is 0.871. The van der Waals surface area contributed by atoms with E-state index in [9.17, 15) is 13.5 Å². The van der Waals surface area contributed by atoms with Crippen molar-refractivity contribution in [3.63, 3.8) is 0 Å². The zero-order chi connectivity index (χ0) is 19.8. The molecule has 0 amide bonds. The van der Waals surface area contributed by atoms with Gasteiger partial charge in [0.2, 0.25) is 10.0 Å². The summed E-state index contributed by atoms with van der Waals surface area (Å²) in [5, 5.41) is 11.0. The Morgan fingerprint density at radius 3 is 2.00 bits per heavy atom. The molecule has 0 atom stereocenters. The maximum Gasteiger partial charge on any atom is 0.243 e. The smallest absolute Gasteiger partial charge is 0.243 e. The number of hydrogen-bond acceptors (Lipinski definition) is 3. The van der Waals surface area contributed by atoms with Crippen molar-refractivity contribution >= 4 is 10.0 Å². The zero-order valence-electron chi connectivity index (χ0n) is 16.6. The third-order valence-corrected chi connectivity index (χ3v) is 8.10. The lowest BCUT2D eigenvalue weighted by Gasteiger charge is -2.38. The van der Waals surface area contributed by atoms with Gasteiger partial charge in [-0.3, -0.25) is 0 Å². The number of hydrogen-bond donors (Lipinski definition) is 1. The zero-order valence-corrected chi connectivity index (χ0v) is 17.4. The lowest BCUT2D eigenvalue weighted by Crippen LogP contribution is -2.47. The molecular formula is C22H29NO3S. The van der Waals surface area contributed by atoms with Gasteiger partial charge in [0.1, 0.15) is 0 Å². The van der Waals surface area contributed by atoms with Crippen LogP contribution in [0.5, 0.6) is 0 Å². The van der Waals surface area contributed by atoms with Crippen molar-refractivity contribution in [2.45, 2.75) is 57.5 Å². The number of rotatable bonds is 4. The maximum absolute atomic E-state index is 13.3. The summed E-state index contributed by atoms with van der Waals surface area (Å²) in [6.45, 7) is 8.36. The summed E-state index contributed by atoms with van der Waals surface area (Å²) in [7, 11) is -3.57. The third-order valence-electron chi connectivity index (χ3n) is 5.92. The van der Waals surface area contributed by atoms with Gasteiger partial charge < -0.3 is 5.11 Å². The lowest BCUT2D eigenvalue weighted by molar-refractivity contribution is -0.00442. The van der Waals surface area contributed by atoms with Crippen molar-refractivity contribution in [2.24, 2.45) is 0 Å². The molecule has 4 nitrogen and oxygen atoms in total. The fourth-order valence-corrected chi connectivity index (χ4v) is 6.01. The average Bonchev–Trinajstić information content (AvgIpc) is 2.61. The van der Waals surface area contributed by atoms with Gasteiger partial charge in [0, 0.05) is 19.5 Å². The van der Waals surface area contributed by atoms with Crippen LogP contribution >= 0.6 is 0 Å². The van der Waals surface area contributed by atoms with Crippen LogP contribution in [0.2, 0.25) is 0 Å². The number of benzene rings is 2. The van der Waals surface area contributed by atoms with E-state index in [1.165, 1.54) is 0 Å². The van der Waals surface area contributed by atoms with E-state index in [4.69, 9.17) is 0 Å². The number of nitrogens with zero attached hydrogens (tertiary/aromatic N) is 1.